The van der Waals surface area contributed by atoms with Crippen molar-refractivity contribution in [2.75, 3.05) is 6.61 Å². The summed E-state index contributed by atoms with van der Waals surface area (Å²) in [5, 5.41) is 12.6. The van der Waals surface area contributed by atoms with Crippen LogP contribution >= 0.6 is 0 Å². The van der Waals surface area contributed by atoms with E-state index in [-0.39, 0.29) is 25.3 Å². The molecule has 1 unspecified atom stereocenters. The molecule has 126 valence electrons. The molecule has 0 aliphatic carbocycles. The Morgan fingerprint density at radius 2 is 1.83 bits per heavy atom. The van der Waals surface area contributed by atoms with Crippen molar-refractivity contribution in [3.8, 4) is 0 Å². The molecule has 6 nitrogen and oxygen atoms in total. The lowest BCUT2D eigenvalue weighted by Crippen LogP contribution is -2.32. The highest BCUT2D eigenvalue weighted by atomic mass is 16.5. The van der Waals surface area contributed by atoms with E-state index in [1.54, 1.807) is 20.8 Å². The van der Waals surface area contributed by atoms with Crippen molar-refractivity contribution >= 4 is 12.1 Å². The molecule has 0 heterocycles. The van der Waals surface area contributed by atoms with Gasteiger partial charge in [-0.15, -0.1) is 0 Å². The van der Waals surface area contributed by atoms with Crippen LogP contribution in [0.3, 0.4) is 0 Å². The first-order chi connectivity index (χ1) is 10.9. The predicted octanol–water partition coefficient (Wildman–Crippen LogP) is 2.52. The average molecular weight is 321 g/mol. The van der Waals surface area contributed by atoms with E-state index >= 15 is 0 Å². The second-order valence-electron chi connectivity index (χ2n) is 5.13. The molecule has 0 aliphatic heterocycles. The van der Waals surface area contributed by atoms with Crippen LogP contribution in [0.15, 0.2) is 41.6 Å². The highest BCUT2D eigenvalue weighted by Gasteiger charge is 2.20. The van der Waals surface area contributed by atoms with Crippen LogP contribution in [0.1, 0.15) is 32.8 Å². The molecule has 23 heavy (non-hydrogen) atoms. The molecule has 0 saturated carbocycles. The second kappa shape index (κ2) is 9.63. The van der Waals surface area contributed by atoms with Crippen LogP contribution in [0.5, 0.6) is 0 Å². The van der Waals surface area contributed by atoms with Crippen LogP contribution < -0.4 is 5.32 Å². The minimum absolute atomic E-state index is 0.122. The van der Waals surface area contributed by atoms with Gasteiger partial charge in [-0.2, -0.15) is 0 Å². The summed E-state index contributed by atoms with van der Waals surface area (Å²) >= 11 is 0. The summed E-state index contributed by atoms with van der Waals surface area (Å²) < 4.78 is 9.89. The number of ether oxygens (including phenoxy) is 2. The summed E-state index contributed by atoms with van der Waals surface area (Å²) in [5.41, 5.74) is 1.78. The fraction of sp³-hybridized carbons (Fsp3) is 0.412. The minimum atomic E-state index is -1.15. The number of alkyl carbamates (subject to hydrolysis) is 1. The van der Waals surface area contributed by atoms with Crippen molar-refractivity contribution in [2.45, 2.75) is 39.9 Å². The molecular weight excluding hydrogens is 298 g/mol. The Balaban J connectivity index is 2.57. The Kier molecular flexibility index (Phi) is 7.83. The fourth-order valence-corrected chi connectivity index (χ4v) is 1.89. The van der Waals surface area contributed by atoms with E-state index in [1.165, 1.54) is 0 Å². The molecule has 1 aromatic carbocycles. The van der Waals surface area contributed by atoms with Crippen molar-refractivity contribution in [2.24, 2.45) is 0 Å². The van der Waals surface area contributed by atoms with Gasteiger partial charge in [0.1, 0.15) is 12.7 Å². The highest BCUT2D eigenvalue weighted by molar-refractivity contribution is 5.72. The van der Waals surface area contributed by atoms with E-state index in [1.807, 2.05) is 30.3 Å². The Hall–Kier alpha value is -2.34. The van der Waals surface area contributed by atoms with E-state index in [9.17, 15) is 14.7 Å². The number of hydrogen-bond acceptors (Lipinski definition) is 5. The van der Waals surface area contributed by atoms with Gasteiger partial charge in [-0.25, -0.2) is 4.79 Å². The van der Waals surface area contributed by atoms with Crippen LogP contribution in [0.2, 0.25) is 0 Å². The standard InChI is InChI=1S/C17H23NO5/c1-4-22-15(20)10-14(19)16(12(2)3)18-17(21)23-11-13-8-6-5-7-9-13/h5-9,14,19H,4,10-11H2,1-3H3,(H,18,21). The Labute approximate surface area is 136 Å². The average Bonchev–Trinajstić information content (AvgIpc) is 2.51. The van der Waals surface area contributed by atoms with Crippen LogP contribution in [0.4, 0.5) is 4.79 Å². The first-order valence-electron chi connectivity index (χ1n) is 7.42. The number of nitrogens with one attached hydrogen (secondary N) is 1. The lowest BCUT2D eigenvalue weighted by molar-refractivity contribution is -0.144. The van der Waals surface area contributed by atoms with E-state index in [0.29, 0.717) is 5.57 Å². The largest absolute Gasteiger partial charge is 0.466 e. The van der Waals surface area contributed by atoms with E-state index in [0.717, 1.165) is 5.56 Å². The molecule has 1 aromatic rings. The number of carbonyl (C=O) groups excluding carboxylic acids is 2. The van der Waals surface area contributed by atoms with Crippen molar-refractivity contribution in [1.82, 2.24) is 5.32 Å². The van der Waals surface area contributed by atoms with Crippen molar-refractivity contribution in [3.05, 3.63) is 47.2 Å². The third-order valence-electron chi connectivity index (χ3n) is 2.99. The second-order valence-corrected chi connectivity index (χ2v) is 5.13. The quantitative estimate of drug-likeness (QED) is 0.754. The van der Waals surface area contributed by atoms with Gasteiger partial charge in [0, 0.05) is 5.70 Å². The van der Waals surface area contributed by atoms with E-state index < -0.39 is 18.2 Å². The molecule has 2 N–H and O–H groups in total. The number of benzene rings is 1. The van der Waals surface area contributed by atoms with Crippen molar-refractivity contribution in [3.63, 3.8) is 0 Å². The molecule has 0 aromatic heterocycles. The number of hydrogen-bond donors (Lipinski definition) is 2. The lowest BCUT2D eigenvalue weighted by atomic mass is 10.1. The third kappa shape index (κ3) is 6.97. The molecule has 1 atom stereocenters. The number of aliphatic hydroxyl groups is 1. The van der Waals surface area contributed by atoms with Gasteiger partial charge < -0.3 is 14.6 Å². The molecule has 0 saturated heterocycles. The maximum absolute atomic E-state index is 11.9. The number of carbonyl (C=O) groups is 2. The van der Waals surface area contributed by atoms with Gasteiger partial charge in [0.15, 0.2) is 0 Å². The SMILES string of the molecule is CCOC(=O)CC(O)C(NC(=O)OCc1ccccc1)=C(C)C. The van der Waals surface area contributed by atoms with Gasteiger partial charge in [-0.05, 0) is 26.3 Å². The first kappa shape index (κ1) is 18.7. The molecule has 1 amide bonds. The molecule has 6 heteroatoms. The van der Waals surface area contributed by atoms with Gasteiger partial charge in [0.25, 0.3) is 0 Å². The Morgan fingerprint density at radius 3 is 2.39 bits per heavy atom. The van der Waals surface area contributed by atoms with Crippen LogP contribution in [-0.2, 0) is 20.9 Å². The zero-order valence-electron chi connectivity index (χ0n) is 13.7. The predicted molar refractivity (Wildman–Crippen MR) is 85.4 cm³/mol. The Morgan fingerprint density at radius 1 is 1.17 bits per heavy atom. The van der Waals surface area contributed by atoms with Crippen molar-refractivity contribution in [1.29, 1.82) is 0 Å². The smallest absolute Gasteiger partial charge is 0.411 e. The fourth-order valence-electron chi connectivity index (χ4n) is 1.89. The lowest BCUT2D eigenvalue weighted by Gasteiger charge is -2.17. The first-order valence-corrected chi connectivity index (χ1v) is 7.42. The van der Waals surface area contributed by atoms with Crippen LogP contribution in [0, 0.1) is 0 Å². The zero-order chi connectivity index (χ0) is 17.2. The summed E-state index contributed by atoms with van der Waals surface area (Å²) in [6.45, 7) is 5.49. The number of amides is 1. The summed E-state index contributed by atoms with van der Waals surface area (Å²) in [6, 6.07) is 9.24. The van der Waals surface area contributed by atoms with Crippen molar-refractivity contribution < 1.29 is 24.2 Å². The molecular formula is C17H23NO5. The Bertz CT molecular complexity index is 549. The number of esters is 1. The highest BCUT2D eigenvalue weighted by Crippen LogP contribution is 2.11. The monoisotopic (exact) mass is 321 g/mol. The zero-order valence-corrected chi connectivity index (χ0v) is 13.7. The number of allylic oxidation sites excluding steroid dienone is 1. The van der Waals surface area contributed by atoms with Gasteiger partial charge in [0.2, 0.25) is 0 Å². The molecule has 0 fully saturated rings. The molecule has 0 aliphatic rings. The van der Waals surface area contributed by atoms with Crippen LogP contribution in [-0.4, -0.2) is 29.9 Å². The third-order valence-corrected chi connectivity index (χ3v) is 2.99. The van der Waals surface area contributed by atoms with Gasteiger partial charge in [-0.1, -0.05) is 35.9 Å². The summed E-state index contributed by atoms with van der Waals surface area (Å²) in [4.78, 5) is 23.3. The summed E-state index contributed by atoms with van der Waals surface area (Å²) in [5.74, 6) is -0.529. The normalized spacial score (nSPS) is 11.3. The van der Waals surface area contributed by atoms with E-state index in [4.69, 9.17) is 9.47 Å². The topological polar surface area (TPSA) is 84.9 Å². The molecule has 0 radical (unpaired) electrons. The van der Waals surface area contributed by atoms with Gasteiger partial charge in [0.05, 0.1) is 13.0 Å². The minimum Gasteiger partial charge on any atom is -0.466 e. The molecule has 0 spiro atoms. The van der Waals surface area contributed by atoms with Gasteiger partial charge in [-0.3, -0.25) is 10.1 Å². The maximum Gasteiger partial charge on any atom is 0.411 e. The summed E-state index contributed by atoms with van der Waals surface area (Å²) in [7, 11) is 0. The van der Waals surface area contributed by atoms with Crippen LogP contribution in [0.25, 0.3) is 0 Å². The maximum atomic E-state index is 11.9. The van der Waals surface area contributed by atoms with E-state index in [2.05, 4.69) is 5.32 Å². The number of aliphatic hydroxyl groups excluding tert-OH is 1. The molecule has 0 bridgehead atoms. The molecule has 1 rings (SSSR count). The summed E-state index contributed by atoms with van der Waals surface area (Å²) in [6.07, 6.45) is -2.07. The van der Waals surface area contributed by atoms with Gasteiger partial charge >= 0.3 is 12.1 Å². The number of rotatable bonds is 7.